The van der Waals surface area contributed by atoms with Crippen LogP contribution in [0.3, 0.4) is 0 Å². The van der Waals surface area contributed by atoms with Crippen molar-refractivity contribution in [3.63, 3.8) is 0 Å². The van der Waals surface area contributed by atoms with E-state index in [4.69, 9.17) is 5.73 Å². The van der Waals surface area contributed by atoms with Gasteiger partial charge in [0.2, 0.25) is 0 Å². The Kier molecular flexibility index (Phi) is 3.68. The molecular weight excluding hydrogens is 290 g/mol. The molecule has 1 aliphatic carbocycles. The summed E-state index contributed by atoms with van der Waals surface area (Å²) in [6.07, 6.45) is 7.70. The molecular formula is C14H20BrN3. The van der Waals surface area contributed by atoms with Crippen molar-refractivity contribution in [1.29, 1.82) is 0 Å². The van der Waals surface area contributed by atoms with E-state index in [1.807, 2.05) is 12.4 Å². The maximum absolute atomic E-state index is 6.25. The van der Waals surface area contributed by atoms with E-state index in [1.54, 1.807) is 0 Å². The van der Waals surface area contributed by atoms with Gasteiger partial charge >= 0.3 is 0 Å². The van der Waals surface area contributed by atoms with Gasteiger partial charge in [-0.15, -0.1) is 0 Å². The second kappa shape index (κ2) is 5.27. The summed E-state index contributed by atoms with van der Waals surface area (Å²) in [6, 6.07) is 2.59. The van der Waals surface area contributed by atoms with Crippen LogP contribution in [0.5, 0.6) is 0 Å². The van der Waals surface area contributed by atoms with Crippen LogP contribution < -0.4 is 5.73 Å². The van der Waals surface area contributed by atoms with Crippen LogP contribution in [0.1, 0.15) is 24.8 Å². The zero-order valence-corrected chi connectivity index (χ0v) is 12.1. The van der Waals surface area contributed by atoms with Crippen LogP contribution in [0.15, 0.2) is 22.9 Å². The fraction of sp³-hybridized carbons (Fsp3) is 0.643. The van der Waals surface area contributed by atoms with E-state index in [2.05, 4.69) is 31.9 Å². The highest BCUT2D eigenvalue weighted by Gasteiger charge is 2.38. The average molecular weight is 310 g/mol. The Hall–Kier alpha value is -0.450. The first kappa shape index (κ1) is 12.6. The average Bonchev–Trinajstić information content (AvgIpc) is 2.73. The molecule has 1 saturated carbocycles. The van der Waals surface area contributed by atoms with Crippen LogP contribution in [-0.2, 0) is 6.54 Å². The number of rotatable bonds is 2. The van der Waals surface area contributed by atoms with E-state index >= 15 is 0 Å². The smallest absolute Gasteiger partial charge is 0.0410 e. The van der Waals surface area contributed by atoms with E-state index in [0.717, 1.165) is 22.9 Å². The molecule has 3 atom stereocenters. The van der Waals surface area contributed by atoms with Gasteiger partial charge in [-0.2, -0.15) is 0 Å². The molecule has 0 bridgehead atoms. The predicted molar refractivity (Wildman–Crippen MR) is 76.0 cm³/mol. The Morgan fingerprint density at radius 1 is 1.33 bits per heavy atom. The van der Waals surface area contributed by atoms with Crippen molar-refractivity contribution in [2.24, 2.45) is 17.6 Å². The highest BCUT2D eigenvalue weighted by molar-refractivity contribution is 9.10. The Morgan fingerprint density at radius 3 is 3.00 bits per heavy atom. The van der Waals surface area contributed by atoms with Gasteiger partial charge in [-0.3, -0.25) is 9.88 Å². The van der Waals surface area contributed by atoms with Crippen LogP contribution in [0, 0.1) is 11.8 Å². The number of hydrogen-bond acceptors (Lipinski definition) is 3. The van der Waals surface area contributed by atoms with Gasteiger partial charge in [-0.25, -0.2) is 0 Å². The van der Waals surface area contributed by atoms with E-state index in [9.17, 15) is 0 Å². The van der Waals surface area contributed by atoms with Gasteiger partial charge in [0.05, 0.1) is 0 Å². The quantitative estimate of drug-likeness (QED) is 0.912. The molecule has 2 fully saturated rings. The lowest BCUT2D eigenvalue weighted by Gasteiger charge is -2.29. The molecule has 1 saturated heterocycles. The van der Waals surface area contributed by atoms with Crippen LogP contribution in [-0.4, -0.2) is 29.0 Å². The predicted octanol–water partition coefficient (Wildman–Crippen LogP) is 2.40. The van der Waals surface area contributed by atoms with Gasteiger partial charge in [-0.1, -0.05) is 6.42 Å². The first-order valence-electron chi connectivity index (χ1n) is 6.80. The van der Waals surface area contributed by atoms with Crippen LogP contribution >= 0.6 is 15.9 Å². The van der Waals surface area contributed by atoms with Gasteiger partial charge < -0.3 is 5.73 Å². The Morgan fingerprint density at radius 2 is 2.22 bits per heavy atom. The lowest BCUT2D eigenvalue weighted by molar-refractivity contribution is 0.259. The highest BCUT2D eigenvalue weighted by atomic mass is 79.9. The third-order valence-corrected chi connectivity index (χ3v) is 4.83. The molecule has 0 spiro atoms. The minimum absolute atomic E-state index is 0.425. The molecule has 1 aliphatic heterocycles. The zero-order valence-electron chi connectivity index (χ0n) is 10.6. The molecule has 1 aromatic heterocycles. The van der Waals surface area contributed by atoms with E-state index in [1.165, 1.54) is 37.9 Å². The number of halogens is 1. The number of fused-ring (bicyclic) bond motifs is 1. The number of nitrogens with zero attached hydrogens (tertiary/aromatic N) is 2. The summed E-state index contributed by atoms with van der Waals surface area (Å²) in [5, 5.41) is 0. The standard InChI is InChI=1S/C14H20BrN3/c15-12-4-10(5-17-6-12)7-18-8-11-2-1-3-14(16)13(11)9-18/h4-6,11,13-14H,1-3,7-9,16H2. The van der Waals surface area contributed by atoms with Crippen molar-refractivity contribution >= 4 is 15.9 Å². The maximum atomic E-state index is 6.25. The van der Waals surface area contributed by atoms with Crippen molar-refractivity contribution in [2.75, 3.05) is 13.1 Å². The molecule has 98 valence electrons. The molecule has 3 unspecified atom stereocenters. The Balaban J connectivity index is 1.65. The van der Waals surface area contributed by atoms with Gasteiger partial charge in [0.1, 0.15) is 0 Å². The zero-order chi connectivity index (χ0) is 12.5. The van der Waals surface area contributed by atoms with Crippen molar-refractivity contribution in [3.8, 4) is 0 Å². The molecule has 3 rings (SSSR count). The van der Waals surface area contributed by atoms with E-state index in [0.29, 0.717) is 6.04 Å². The number of aromatic nitrogens is 1. The van der Waals surface area contributed by atoms with Crippen molar-refractivity contribution in [1.82, 2.24) is 9.88 Å². The number of pyridine rings is 1. The SMILES string of the molecule is NC1CCCC2CN(Cc3cncc(Br)c3)CC12. The van der Waals surface area contributed by atoms with Gasteiger partial charge in [-0.05, 0) is 52.2 Å². The van der Waals surface area contributed by atoms with Gasteiger partial charge in [0, 0.05) is 42.5 Å². The fourth-order valence-electron chi connectivity index (χ4n) is 3.54. The molecule has 18 heavy (non-hydrogen) atoms. The summed E-state index contributed by atoms with van der Waals surface area (Å²) in [5.74, 6) is 1.55. The minimum Gasteiger partial charge on any atom is -0.327 e. The fourth-order valence-corrected chi connectivity index (χ4v) is 3.95. The normalized spacial score (nSPS) is 32.4. The number of nitrogens with two attached hydrogens (primary N) is 1. The highest BCUT2D eigenvalue weighted by Crippen LogP contribution is 2.36. The minimum atomic E-state index is 0.425. The first-order chi connectivity index (χ1) is 8.72. The lowest BCUT2D eigenvalue weighted by Crippen LogP contribution is -2.38. The monoisotopic (exact) mass is 309 g/mol. The molecule has 2 aliphatic rings. The van der Waals surface area contributed by atoms with Crippen molar-refractivity contribution in [2.45, 2.75) is 31.8 Å². The molecule has 0 radical (unpaired) electrons. The second-order valence-electron chi connectivity index (χ2n) is 5.72. The number of hydrogen-bond donors (Lipinski definition) is 1. The molecule has 0 amide bonds. The largest absolute Gasteiger partial charge is 0.327 e. The van der Waals surface area contributed by atoms with Crippen molar-refractivity contribution < 1.29 is 0 Å². The molecule has 0 aromatic carbocycles. The molecule has 3 nitrogen and oxygen atoms in total. The van der Waals surface area contributed by atoms with Crippen LogP contribution in [0.2, 0.25) is 0 Å². The summed E-state index contributed by atoms with van der Waals surface area (Å²) in [7, 11) is 0. The van der Waals surface area contributed by atoms with E-state index in [-0.39, 0.29) is 0 Å². The Bertz CT molecular complexity index is 423. The summed E-state index contributed by atoms with van der Waals surface area (Å²) in [5.41, 5.74) is 7.54. The van der Waals surface area contributed by atoms with Gasteiger partial charge in [0.15, 0.2) is 0 Å². The molecule has 2 N–H and O–H groups in total. The Labute approximate surface area is 117 Å². The summed E-state index contributed by atoms with van der Waals surface area (Å²) in [6.45, 7) is 3.38. The van der Waals surface area contributed by atoms with Crippen LogP contribution in [0.4, 0.5) is 0 Å². The van der Waals surface area contributed by atoms with Crippen molar-refractivity contribution in [3.05, 3.63) is 28.5 Å². The number of likely N-dealkylation sites (tertiary alicyclic amines) is 1. The van der Waals surface area contributed by atoms with Gasteiger partial charge in [0.25, 0.3) is 0 Å². The summed E-state index contributed by atoms with van der Waals surface area (Å²) >= 11 is 3.48. The topological polar surface area (TPSA) is 42.1 Å². The lowest BCUT2D eigenvalue weighted by atomic mass is 9.78. The molecule has 2 heterocycles. The summed E-state index contributed by atoms with van der Waals surface area (Å²) < 4.78 is 1.06. The second-order valence-corrected chi connectivity index (χ2v) is 6.64. The molecule has 1 aromatic rings. The summed E-state index contributed by atoms with van der Waals surface area (Å²) in [4.78, 5) is 6.78. The molecule has 4 heteroatoms. The third-order valence-electron chi connectivity index (χ3n) is 4.40. The van der Waals surface area contributed by atoms with Crippen LogP contribution in [0.25, 0.3) is 0 Å². The first-order valence-corrected chi connectivity index (χ1v) is 7.59. The maximum Gasteiger partial charge on any atom is 0.0410 e. The third kappa shape index (κ3) is 2.60. The van der Waals surface area contributed by atoms with E-state index < -0.39 is 0 Å².